The minimum Gasteiger partial charge on any atom is -0.450 e. The molecular weight excluding hydrogens is 471 g/mol. The third-order valence-electron chi connectivity index (χ3n) is 4.39. The lowest BCUT2D eigenvalue weighted by molar-refractivity contribution is 0.0963. The van der Waals surface area contributed by atoms with Crippen LogP contribution in [0.1, 0.15) is 32.3 Å². The van der Waals surface area contributed by atoms with Gasteiger partial charge in [-0.2, -0.15) is 0 Å². The number of carbonyl (C=O) groups is 1. The summed E-state index contributed by atoms with van der Waals surface area (Å²) in [5, 5.41) is 6.79. The molecule has 1 saturated heterocycles. The van der Waals surface area contributed by atoms with E-state index >= 15 is 0 Å². The molecule has 2 N–H and O–H groups in total. The molecule has 0 spiro atoms. The predicted octanol–water partition coefficient (Wildman–Crippen LogP) is 2.44. The Labute approximate surface area is 185 Å². The first-order chi connectivity index (χ1) is 13.0. The number of hydrogen-bond acceptors (Lipinski definition) is 5. The molecule has 0 aliphatic carbocycles. The topological polar surface area (TPSA) is 82.1 Å². The van der Waals surface area contributed by atoms with E-state index in [1.807, 2.05) is 44.2 Å². The smallest absolute Gasteiger partial charge is 0.409 e. The molecule has 0 bridgehead atoms. The molecule has 9 heteroatoms. The minimum absolute atomic E-state index is 0. The average molecular weight is 504 g/mol. The Kier molecular flexibility index (Phi) is 10.9. The summed E-state index contributed by atoms with van der Waals surface area (Å²) in [6, 6.07) is 4.33. The molecule has 0 unspecified atom stereocenters. The molecule has 1 aromatic rings. The Morgan fingerprint density at radius 3 is 2.68 bits per heavy atom. The van der Waals surface area contributed by atoms with E-state index in [0.717, 1.165) is 36.7 Å². The third kappa shape index (κ3) is 7.69. The van der Waals surface area contributed by atoms with Crippen molar-refractivity contribution >= 4 is 41.8 Å². The number of pyridine rings is 1. The van der Waals surface area contributed by atoms with E-state index in [1.54, 1.807) is 4.90 Å². The highest BCUT2D eigenvalue weighted by Crippen LogP contribution is 2.12. The van der Waals surface area contributed by atoms with Crippen LogP contribution in [0.15, 0.2) is 23.3 Å². The number of aliphatic imine (C=N–C) groups is 1. The first-order valence-electron chi connectivity index (χ1n) is 9.62. The molecule has 0 aromatic carbocycles. The number of nitrogens with zero attached hydrogens (tertiary/aromatic N) is 4. The number of nitrogens with one attached hydrogen (secondary N) is 2. The van der Waals surface area contributed by atoms with Crippen molar-refractivity contribution in [2.75, 3.05) is 45.2 Å². The molecule has 158 valence electrons. The van der Waals surface area contributed by atoms with Crippen molar-refractivity contribution in [1.82, 2.24) is 20.5 Å². The van der Waals surface area contributed by atoms with Gasteiger partial charge in [0.25, 0.3) is 0 Å². The fourth-order valence-corrected chi connectivity index (χ4v) is 2.91. The number of carbonyl (C=O) groups excluding carboxylic acids is 1. The van der Waals surface area contributed by atoms with Crippen molar-refractivity contribution in [1.29, 1.82) is 0 Å². The van der Waals surface area contributed by atoms with Crippen LogP contribution >= 0.6 is 24.0 Å². The van der Waals surface area contributed by atoms with Gasteiger partial charge in [0, 0.05) is 46.0 Å². The van der Waals surface area contributed by atoms with Gasteiger partial charge in [0.2, 0.25) is 0 Å². The Morgan fingerprint density at radius 1 is 1.36 bits per heavy atom. The third-order valence-corrected chi connectivity index (χ3v) is 4.39. The van der Waals surface area contributed by atoms with Gasteiger partial charge < -0.3 is 25.2 Å². The Bertz CT molecular complexity index is 633. The van der Waals surface area contributed by atoms with E-state index < -0.39 is 0 Å². The van der Waals surface area contributed by atoms with E-state index in [2.05, 4.69) is 22.5 Å². The molecule has 1 aliphatic rings. The van der Waals surface area contributed by atoms with Crippen molar-refractivity contribution in [2.45, 2.75) is 39.3 Å². The molecule has 28 heavy (non-hydrogen) atoms. The summed E-state index contributed by atoms with van der Waals surface area (Å²) in [7, 11) is 3.95. The maximum absolute atomic E-state index is 11.8. The van der Waals surface area contributed by atoms with Crippen LogP contribution in [0.2, 0.25) is 0 Å². The van der Waals surface area contributed by atoms with Crippen LogP contribution in [-0.2, 0) is 11.3 Å². The number of ether oxygens (including phenoxy) is 1. The van der Waals surface area contributed by atoms with Gasteiger partial charge in [-0.25, -0.2) is 14.8 Å². The Balaban J connectivity index is 0.00000392. The van der Waals surface area contributed by atoms with E-state index in [1.165, 1.54) is 0 Å². The summed E-state index contributed by atoms with van der Waals surface area (Å²) in [6.45, 7) is 7.08. The maximum Gasteiger partial charge on any atom is 0.409 e. The lowest BCUT2D eigenvalue weighted by Gasteiger charge is -2.32. The standard InChI is InChI=1S/C19H32N6O2.HI/c1-5-20-18(22-14-15-7-10-21-17(13-15)24(3)4)23-16-8-11-25(12-9-16)19(26)27-6-2;/h7,10,13,16H,5-6,8-9,11-12,14H2,1-4H3,(H2,20,22,23);1H. The summed E-state index contributed by atoms with van der Waals surface area (Å²) in [5.74, 6) is 1.72. The second-order valence-corrected chi connectivity index (χ2v) is 6.72. The number of anilines is 1. The van der Waals surface area contributed by atoms with Gasteiger partial charge in [-0.3, -0.25) is 0 Å². The first-order valence-corrected chi connectivity index (χ1v) is 9.62. The molecule has 2 rings (SSSR count). The molecule has 1 amide bonds. The zero-order valence-corrected chi connectivity index (χ0v) is 19.6. The van der Waals surface area contributed by atoms with E-state index in [9.17, 15) is 4.79 Å². The van der Waals surface area contributed by atoms with Crippen LogP contribution in [0.25, 0.3) is 0 Å². The van der Waals surface area contributed by atoms with Gasteiger partial charge in [0.05, 0.1) is 13.2 Å². The zero-order valence-electron chi connectivity index (χ0n) is 17.3. The molecular formula is C19H33IN6O2. The molecule has 2 heterocycles. The average Bonchev–Trinajstić information content (AvgIpc) is 2.67. The van der Waals surface area contributed by atoms with Crippen LogP contribution in [0.5, 0.6) is 0 Å². The Hall–Kier alpha value is -1.78. The van der Waals surface area contributed by atoms with Crippen LogP contribution < -0.4 is 15.5 Å². The van der Waals surface area contributed by atoms with Gasteiger partial charge >= 0.3 is 6.09 Å². The van der Waals surface area contributed by atoms with Crippen molar-refractivity contribution in [3.63, 3.8) is 0 Å². The SMILES string of the molecule is CCNC(=NCc1ccnc(N(C)C)c1)NC1CCN(C(=O)OCC)CC1.I. The van der Waals surface area contributed by atoms with Gasteiger partial charge in [-0.15, -0.1) is 24.0 Å². The van der Waals surface area contributed by atoms with Gasteiger partial charge in [-0.05, 0) is 44.4 Å². The molecule has 8 nitrogen and oxygen atoms in total. The highest BCUT2D eigenvalue weighted by Gasteiger charge is 2.24. The van der Waals surface area contributed by atoms with Crippen molar-refractivity contribution < 1.29 is 9.53 Å². The van der Waals surface area contributed by atoms with Crippen LogP contribution in [0.3, 0.4) is 0 Å². The zero-order chi connectivity index (χ0) is 19.6. The van der Waals surface area contributed by atoms with E-state index in [4.69, 9.17) is 9.73 Å². The number of likely N-dealkylation sites (tertiary alicyclic amines) is 1. The van der Waals surface area contributed by atoms with Gasteiger partial charge in [0.1, 0.15) is 5.82 Å². The number of guanidine groups is 1. The summed E-state index contributed by atoms with van der Waals surface area (Å²) in [6.07, 6.45) is 3.35. The largest absolute Gasteiger partial charge is 0.450 e. The highest BCUT2D eigenvalue weighted by molar-refractivity contribution is 14.0. The summed E-state index contributed by atoms with van der Waals surface area (Å²) >= 11 is 0. The highest BCUT2D eigenvalue weighted by atomic mass is 127. The number of halogens is 1. The van der Waals surface area contributed by atoms with Gasteiger partial charge in [-0.1, -0.05) is 0 Å². The monoisotopic (exact) mass is 504 g/mol. The van der Waals surface area contributed by atoms with Gasteiger partial charge in [0.15, 0.2) is 5.96 Å². The van der Waals surface area contributed by atoms with Crippen molar-refractivity contribution in [3.05, 3.63) is 23.9 Å². The van der Waals surface area contributed by atoms with Crippen LogP contribution in [0.4, 0.5) is 10.6 Å². The fourth-order valence-electron chi connectivity index (χ4n) is 2.91. The van der Waals surface area contributed by atoms with Crippen molar-refractivity contribution in [3.8, 4) is 0 Å². The Morgan fingerprint density at radius 2 is 2.07 bits per heavy atom. The summed E-state index contributed by atoms with van der Waals surface area (Å²) in [5.41, 5.74) is 1.11. The second kappa shape index (κ2) is 12.6. The quantitative estimate of drug-likeness (QED) is 0.352. The maximum atomic E-state index is 11.8. The molecule has 1 aliphatic heterocycles. The number of aromatic nitrogens is 1. The lowest BCUT2D eigenvalue weighted by Crippen LogP contribution is -2.49. The van der Waals surface area contributed by atoms with Crippen molar-refractivity contribution in [2.24, 2.45) is 4.99 Å². The number of piperidine rings is 1. The molecule has 0 saturated carbocycles. The normalized spacial score (nSPS) is 14.9. The van der Waals surface area contributed by atoms with E-state index in [0.29, 0.717) is 32.3 Å². The lowest BCUT2D eigenvalue weighted by atomic mass is 10.1. The summed E-state index contributed by atoms with van der Waals surface area (Å²) < 4.78 is 5.07. The molecule has 1 aromatic heterocycles. The predicted molar refractivity (Wildman–Crippen MR) is 124 cm³/mol. The van der Waals surface area contributed by atoms with Crippen LogP contribution in [-0.4, -0.2) is 68.3 Å². The number of rotatable bonds is 6. The molecule has 1 fully saturated rings. The first kappa shape index (κ1) is 24.3. The van der Waals surface area contributed by atoms with Crippen LogP contribution in [0, 0.1) is 0 Å². The number of amides is 1. The minimum atomic E-state index is -0.217. The second-order valence-electron chi connectivity index (χ2n) is 6.72. The summed E-state index contributed by atoms with van der Waals surface area (Å²) in [4.78, 5) is 24.6. The van der Waals surface area contributed by atoms with E-state index in [-0.39, 0.29) is 30.1 Å². The number of hydrogen-bond donors (Lipinski definition) is 2. The molecule has 0 radical (unpaired) electrons. The fraction of sp³-hybridized carbons (Fsp3) is 0.632. The molecule has 0 atom stereocenters.